The van der Waals surface area contributed by atoms with Crippen molar-refractivity contribution < 1.29 is 28.3 Å². The van der Waals surface area contributed by atoms with Crippen molar-refractivity contribution in [1.29, 1.82) is 0 Å². The molecule has 7 heteroatoms. The second kappa shape index (κ2) is 7.01. The van der Waals surface area contributed by atoms with Gasteiger partial charge in [-0.3, -0.25) is 19.2 Å². The van der Waals surface area contributed by atoms with Crippen LogP contribution in [0.25, 0.3) is 0 Å². The van der Waals surface area contributed by atoms with E-state index in [-0.39, 0.29) is 16.8 Å². The molecule has 2 heterocycles. The Morgan fingerprint density at radius 3 is 1.97 bits per heavy atom. The lowest BCUT2D eigenvalue weighted by molar-refractivity contribution is -0.127. The molecule has 2 saturated heterocycles. The van der Waals surface area contributed by atoms with Crippen LogP contribution >= 0.6 is 0 Å². The molecule has 2 aliphatic heterocycles. The lowest BCUT2D eigenvalue weighted by atomic mass is 9.77. The number of hydrogen-bond donors (Lipinski definition) is 0. The fourth-order valence-electron chi connectivity index (χ4n) is 5.42. The molecule has 0 aromatic heterocycles. The first-order valence-corrected chi connectivity index (χ1v) is 10.9. The van der Waals surface area contributed by atoms with E-state index in [1.54, 1.807) is 24.3 Å². The van der Waals surface area contributed by atoms with Crippen LogP contribution in [0.1, 0.15) is 37.9 Å². The maximum atomic E-state index is 13.7. The van der Waals surface area contributed by atoms with E-state index >= 15 is 0 Å². The van der Waals surface area contributed by atoms with Crippen molar-refractivity contribution in [2.45, 2.75) is 18.6 Å². The molecule has 3 atom stereocenters. The highest BCUT2D eigenvalue weighted by Gasteiger charge is 2.74. The average Bonchev–Trinajstić information content (AvgIpc) is 3.40. The summed E-state index contributed by atoms with van der Waals surface area (Å²) in [4.78, 5) is 55.7. The highest BCUT2D eigenvalue weighted by molar-refractivity contribution is 6.37. The molecule has 3 aliphatic rings. The van der Waals surface area contributed by atoms with Crippen LogP contribution in [0.4, 0.5) is 10.1 Å². The van der Waals surface area contributed by atoms with E-state index in [9.17, 15) is 23.6 Å². The van der Waals surface area contributed by atoms with Gasteiger partial charge in [-0.25, -0.2) is 9.29 Å². The number of nitrogens with zero attached hydrogens (tertiary/aromatic N) is 1. The van der Waals surface area contributed by atoms with Gasteiger partial charge < -0.3 is 4.74 Å². The van der Waals surface area contributed by atoms with E-state index < -0.39 is 52.7 Å². The Bertz CT molecular complexity index is 1360. The van der Waals surface area contributed by atoms with Gasteiger partial charge in [0.2, 0.25) is 29.0 Å². The van der Waals surface area contributed by atoms with Crippen molar-refractivity contribution in [1.82, 2.24) is 0 Å². The summed E-state index contributed by atoms with van der Waals surface area (Å²) in [6, 6.07) is 18.5. The van der Waals surface area contributed by atoms with E-state index in [1.165, 1.54) is 24.3 Å². The summed E-state index contributed by atoms with van der Waals surface area (Å²) in [7, 11) is 0. The van der Waals surface area contributed by atoms with Gasteiger partial charge in [-0.1, -0.05) is 54.1 Å². The number of imide groups is 1. The maximum Gasteiger partial charge on any atom is 0.241 e. The first-order chi connectivity index (χ1) is 16.3. The van der Waals surface area contributed by atoms with Crippen LogP contribution < -0.4 is 4.90 Å². The number of benzene rings is 3. The zero-order chi connectivity index (χ0) is 23.8. The van der Waals surface area contributed by atoms with Crippen LogP contribution in [-0.2, 0) is 14.3 Å². The molecule has 6 rings (SSSR count). The molecule has 34 heavy (non-hydrogen) atoms. The molecule has 2 amide bonds. The molecule has 0 N–H and O–H groups in total. The van der Waals surface area contributed by atoms with Gasteiger partial charge in [0, 0.05) is 11.1 Å². The second-order valence-corrected chi connectivity index (χ2v) is 8.88. The summed E-state index contributed by atoms with van der Waals surface area (Å²) in [5.41, 5.74) is -0.0104. The molecule has 1 aliphatic carbocycles. The molecule has 3 unspecified atom stereocenters. The molecule has 0 bridgehead atoms. The van der Waals surface area contributed by atoms with Gasteiger partial charge in [-0.2, -0.15) is 0 Å². The quantitative estimate of drug-likeness (QED) is 0.433. The third-order valence-electron chi connectivity index (χ3n) is 7.01. The highest BCUT2D eigenvalue weighted by Crippen LogP contribution is 2.57. The number of ether oxygens (including phenoxy) is 1. The van der Waals surface area contributed by atoms with Crippen LogP contribution in [0.15, 0.2) is 72.8 Å². The van der Waals surface area contributed by atoms with E-state index in [4.69, 9.17) is 4.74 Å². The number of carbonyl (C=O) groups is 4. The maximum absolute atomic E-state index is 13.7. The number of anilines is 1. The Labute approximate surface area is 193 Å². The minimum atomic E-state index is -2.12. The van der Waals surface area contributed by atoms with Crippen molar-refractivity contribution in [3.63, 3.8) is 0 Å². The molecular formula is C27H18FNO5. The monoisotopic (exact) mass is 455 g/mol. The first kappa shape index (κ1) is 20.6. The van der Waals surface area contributed by atoms with E-state index in [0.29, 0.717) is 5.56 Å². The number of ketones is 2. The molecule has 0 radical (unpaired) electrons. The molecule has 0 saturated carbocycles. The summed E-state index contributed by atoms with van der Waals surface area (Å²) in [6.45, 7) is 1.91. The lowest BCUT2D eigenvalue weighted by Gasteiger charge is -2.27. The van der Waals surface area contributed by atoms with Gasteiger partial charge in [0.25, 0.3) is 0 Å². The lowest BCUT2D eigenvalue weighted by Crippen LogP contribution is -2.51. The fraction of sp³-hybridized carbons (Fsp3) is 0.185. The van der Waals surface area contributed by atoms with Crippen molar-refractivity contribution in [3.8, 4) is 0 Å². The summed E-state index contributed by atoms with van der Waals surface area (Å²) < 4.78 is 19.7. The van der Waals surface area contributed by atoms with E-state index in [1.807, 2.05) is 19.1 Å². The van der Waals surface area contributed by atoms with E-state index in [0.717, 1.165) is 22.6 Å². The van der Waals surface area contributed by atoms with Crippen LogP contribution in [0, 0.1) is 24.6 Å². The average molecular weight is 455 g/mol. The number of amides is 2. The Morgan fingerprint density at radius 2 is 1.38 bits per heavy atom. The molecule has 6 nitrogen and oxygen atoms in total. The third kappa shape index (κ3) is 2.53. The summed E-state index contributed by atoms with van der Waals surface area (Å²) in [5, 5.41) is 0. The van der Waals surface area contributed by atoms with Gasteiger partial charge in [0.05, 0.1) is 23.6 Å². The highest BCUT2D eigenvalue weighted by atomic mass is 19.1. The van der Waals surface area contributed by atoms with Crippen molar-refractivity contribution >= 4 is 29.1 Å². The van der Waals surface area contributed by atoms with Crippen molar-refractivity contribution in [2.75, 3.05) is 4.90 Å². The molecule has 168 valence electrons. The summed E-state index contributed by atoms with van der Waals surface area (Å²) in [5.74, 6) is -5.44. The standard InChI is InChI=1S/C27H18FNO5/c1-14-6-8-15(9-7-14)22-20-21(26(33)29(25(20)32)17-12-10-16(28)11-13-17)27(34-22)23(30)18-4-2-3-5-19(18)24(27)31/h2-13,20-22H,1H3. The van der Waals surface area contributed by atoms with Gasteiger partial charge in [0.15, 0.2) is 0 Å². The normalized spacial score (nSPS) is 24.8. The van der Waals surface area contributed by atoms with Crippen LogP contribution in [0.3, 0.4) is 0 Å². The zero-order valence-corrected chi connectivity index (χ0v) is 18.0. The smallest absolute Gasteiger partial charge is 0.241 e. The van der Waals surface area contributed by atoms with Crippen LogP contribution in [-0.4, -0.2) is 29.0 Å². The number of aryl methyl sites for hydroxylation is 1. The molecule has 3 aromatic carbocycles. The number of Topliss-reactive ketones (excluding diaryl/α,β-unsaturated/α-hetero) is 2. The van der Waals surface area contributed by atoms with Crippen molar-refractivity contribution in [3.05, 3.63) is 101 Å². The number of carbonyl (C=O) groups excluding carboxylic acids is 4. The van der Waals surface area contributed by atoms with Gasteiger partial charge in [0.1, 0.15) is 5.82 Å². The third-order valence-corrected chi connectivity index (χ3v) is 7.01. The Hall–Kier alpha value is -3.97. The molecular weight excluding hydrogens is 437 g/mol. The first-order valence-electron chi connectivity index (χ1n) is 10.9. The van der Waals surface area contributed by atoms with Crippen molar-refractivity contribution in [2.24, 2.45) is 11.8 Å². The van der Waals surface area contributed by atoms with Gasteiger partial charge >= 0.3 is 0 Å². The molecule has 3 aromatic rings. The largest absolute Gasteiger partial charge is 0.349 e. The number of fused-ring (bicyclic) bond motifs is 3. The second-order valence-electron chi connectivity index (χ2n) is 8.88. The van der Waals surface area contributed by atoms with Gasteiger partial charge in [-0.15, -0.1) is 0 Å². The zero-order valence-electron chi connectivity index (χ0n) is 18.0. The minimum absolute atomic E-state index is 0.177. The number of hydrogen-bond acceptors (Lipinski definition) is 5. The Kier molecular flexibility index (Phi) is 4.25. The topological polar surface area (TPSA) is 80.8 Å². The fourth-order valence-corrected chi connectivity index (χ4v) is 5.42. The minimum Gasteiger partial charge on any atom is -0.349 e. The summed E-state index contributed by atoms with van der Waals surface area (Å²) >= 11 is 0. The van der Waals surface area contributed by atoms with Crippen LogP contribution in [0.2, 0.25) is 0 Å². The number of rotatable bonds is 2. The number of halogens is 1. The Morgan fingerprint density at radius 1 is 0.794 bits per heavy atom. The van der Waals surface area contributed by atoms with Gasteiger partial charge in [-0.05, 0) is 36.8 Å². The SMILES string of the molecule is Cc1ccc(C2OC3(C(=O)c4ccccc4C3=O)C3C(=O)N(c4ccc(F)cc4)C(=O)C23)cc1. The van der Waals surface area contributed by atoms with E-state index in [2.05, 4.69) is 0 Å². The molecule has 2 fully saturated rings. The van der Waals surface area contributed by atoms with Crippen LogP contribution in [0.5, 0.6) is 0 Å². The summed E-state index contributed by atoms with van der Waals surface area (Å²) in [6.07, 6.45) is -0.977. The molecule has 1 spiro atoms. The Balaban J connectivity index is 1.54. The predicted molar refractivity (Wildman–Crippen MR) is 119 cm³/mol. The predicted octanol–water partition coefficient (Wildman–Crippen LogP) is 3.83.